The number of esters is 1. The van der Waals surface area contributed by atoms with Gasteiger partial charge >= 0.3 is 5.97 Å². The highest BCUT2D eigenvalue weighted by Gasteiger charge is 2.19. The van der Waals surface area contributed by atoms with E-state index in [1.165, 1.54) is 6.92 Å². The van der Waals surface area contributed by atoms with Crippen molar-refractivity contribution in [2.24, 2.45) is 0 Å². The zero-order chi connectivity index (χ0) is 17.8. The Bertz CT molecular complexity index is 914. The quantitative estimate of drug-likeness (QED) is 0.564. The molecule has 0 spiro atoms. The predicted molar refractivity (Wildman–Crippen MR) is 98.3 cm³/mol. The molecule has 3 aromatic carbocycles. The van der Waals surface area contributed by atoms with Gasteiger partial charge in [0.1, 0.15) is 0 Å². The molecule has 0 saturated carbocycles. The summed E-state index contributed by atoms with van der Waals surface area (Å²) in [6.07, 6.45) is -0.927. The second-order valence-electron chi connectivity index (χ2n) is 5.69. The van der Waals surface area contributed by atoms with E-state index in [4.69, 9.17) is 10.5 Å². The molecule has 3 N–H and O–H groups in total. The molecule has 0 saturated heterocycles. The number of carbonyl (C=O) groups is 2. The lowest BCUT2D eigenvalue weighted by Gasteiger charge is -2.15. The molecule has 3 rings (SSSR count). The molecule has 25 heavy (non-hydrogen) atoms. The highest BCUT2D eigenvalue weighted by atomic mass is 16.5. The van der Waals surface area contributed by atoms with E-state index in [2.05, 4.69) is 5.32 Å². The molecule has 126 valence electrons. The molecule has 0 fully saturated rings. The van der Waals surface area contributed by atoms with Crippen LogP contribution in [0.2, 0.25) is 0 Å². The van der Waals surface area contributed by atoms with Crippen LogP contribution in [0.5, 0.6) is 0 Å². The number of rotatable bonds is 4. The van der Waals surface area contributed by atoms with Crippen LogP contribution in [0.25, 0.3) is 10.8 Å². The van der Waals surface area contributed by atoms with Gasteiger partial charge in [-0.1, -0.05) is 36.4 Å². The molecule has 0 bridgehead atoms. The number of nitrogens with one attached hydrogen (secondary N) is 1. The molecule has 5 heteroatoms. The van der Waals surface area contributed by atoms with Gasteiger partial charge < -0.3 is 15.8 Å². The van der Waals surface area contributed by atoms with Crippen LogP contribution >= 0.6 is 0 Å². The SMILES string of the molecule is C[C@@H](OC(=O)c1ccc(N)cc1)C(=O)Nc1cccc2ccccc12. The molecule has 0 heterocycles. The number of nitrogens with two attached hydrogens (primary N) is 1. The fraction of sp³-hybridized carbons (Fsp3) is 0.100. The molecule has 0 aliphatic rings. The number of amides is 1. The number of anilines is 2. The van der Waals surface area contributed by atoms with Crippen LogP contribution in [-0.2, 0) is 9.53 Å². The average Bonchev–Trinajstić information content (AvgIpc) is 2.62. The summed E-state index contributed by atoms with van der Waals surface area (Å²) in [5, 5.41) is 4.76. The predicted octanol–water partition coefficient (Wildman–Crippen LogP) is 3.61. The number of benzene rings is 3. The Morgan fingerprint density at radius 1 is 0.960 bits per heavy atom. The fourth-order valence-corrected chi connectivity index (χ4v) is 2.47. The molecular formula is C20H18N2O3. The number of hydrogen-bond donors (Lipinski definition) is 2. The van der Waals surface area contributed by atoms with Crippen molar-refractivity contribution in [2.75, 3.05) is 11.1 Å². The maximum absolute atomic E-state index is 12.4. The third kappa shape index (κ3) is 3.77. The topological polar surface area (TPSA) is 81.4 Å². The Balaban J connectivity index is 1.70. The van der Waals surface area contributed by atoms with Crippen molar-refractivity contribution in [1.29, 1.82) is 0 Å². The normalized spacial score (nSPS) is 11.7. The van der Waals surface area contributed by atoms with Gasteiger partial charge in [-0.15, -0.1) is 0 Å². The van der Waals surface area contributed by atoms with Gasteiger partial charge in [-0.2, -0.15) is 0 Å². The lowest BCUT2D eigenvalue weighted by Crippen LogP contribution is -2.30. The number of carbonyl (C=O) groups excluding carboxylic acids is 2. The van der Waals surface area contributed by atoms with Crippen molar-refractivity contribution in [1.82, 2.24) is 0 Å². The molecule has 0 aliphatic carbocycles. The first-order valence-electron chi connectivity index (χ1n) is 7.90. The summed E-state index contributed by atoms with van der Waals surface area (Å²) in [6.45, 7) is 1.54. The van der Waals surface area contributed by atoms with Gasteiger partial charge in [-0.25, -0.2) is 4.79 Å². The first-order chi connectivity index (χ1) is 12.0. The van der Waals surface area contributed by atoms with E-state index >= 15 is 0 Å². The van der Waals surface area contributed by atoms with Gasteiger partial charge in [0.05, 0.1) is 5.56 Å². The van der Waals surface area contributed by atoms with Crippen molar-refractivity contribution in [3.8, 4) is 0 Å². The summed E-state index contributed by atoms with van der Waals surface area (Å²) in [6, 6.07) is 19.7. The first-order valence-corrected chi connectivity index (χ1v) is 7.90. The minimum absolute atomic E-state index is 0.346. The highest BCUT2D eigenvalue weighted by molar-refractivity contribution is 6.04. The van der Waals surface area contributed by atoms with Gasteiger partial charge in [-0.3, -0.25) is 4.79 Å². The number of fused-ring (bicyclic) bond motifs is 1. The van der Waals surface area contributed by atoms with E-state index in [0.717, 1.165) is 10.8 Å². The summed E-state index contributed by atoms with van der Waals surface area (Å²) >= 11 is 0. The highest BCUT2D eigenvalue weighted by Crippen LogP contribution is 2.23. The van der Waals surface area contributed by atoms with E-state index in [1.54, 1.807) is 24.3 Å². The summed E-state index contributed by atoms with van der Waals surface area (Å²) in [7, 11) is 0. The van der Waals surface area contributed by atoms with E-state index in [0.29, 0.717) is 16.9 Å². The van der Waals surface area contributed by atoms with Gasteiger partial charge in [-0.05, 0) is 42.6 Å². The maximum atomic E-state index is 12.4. The van der Waals surface area contributed by atoms with E-state index < -0.39 is 12.1 Å². The Morgan fingerprint density at radius 2 is 1.64 bits per heavy atom. The third-order valence-electron chi connectivity index (χ3n) is 3.85. The molecule has 5 nitrogen and oxygen atoms in total. The van der Waals surface area contributed by atoms with Crippen molar-refractivity contribution in [2.45, 2.75) is 13.0 Å². The van der Waals surface area contributed by atoms with Crippen LogP contribution in [0.4, 0.5) is 11.4 Å². The standard InChI is InChI=1S/C20H18N2O3/c1-13(25-20(24)15-9-11-16(21)12-10-15)19(23)22-18-8-4-6-14-5-2-3-7-17(14)18/h2-13H,21H2,1H3,(H,22,23)/t13-/m1/s1. The second-order valence-corrected chi connectivity index (χ2v) is 5.69. The minimum Gasteiger partial charge on any atom is -0.449 e. The Morgan fingerprint density at radius 3 is 2.40 bits per heavy atom. The lowest BCUT2D eigenvalue weighted by molar-refractivity contribution is -0.123. The smallest absolute Gasteiger partial charge is 0.338 e. The number of hydrogen-bond acceptors (Lipinski definition) is 4. The van der Waals surface area contributed by atoms with Crippen molar-refractivity contribution in [3.05, 3.63) is 72.3 Å². The minimum atomic E-state index is -0.927. The van der Waals surface area contributed by atoms with Crippen molar-refractivity contribution < 1.29 is 14.3 Å². The summed E-state index contributed by atoms with van der Waals surface area (Å²) in [5.41, 5.74) is 7.17. The fourth-order valence-electron chi connectivity index (χ4n) is 2.47. The molecule has 1 atom stereocenters. The van der Waals surface area contributed by atoms with Crippen LogP contribution in [0.15, 0.2) is 66.7 Å². The van der Waals surface area contributed by atoms with Crippen molar-refractivity contribution in [3.63, 3.8) is 0 Å². The molecule has 3 aromatic rings. The van der Waals surface area contributed by atoms with Gasteiger partial charge in [0, 0.05) is 16.8 Å². The van der Waals surface area contributed by atoms with E-state index in [9.17, 15) is 9.59 Å². The monoisotopic (exact) mass is 334 g/mol. The first kappa shape index (κ1) is 16.5. The van der Waals surface area contributed by atoms with E-state index in [-0.39, 0.29) is 5.91 Å². The molecule has 1 amide bonds. The Kier molecular flexibility index (Phi) is 4.66. The van der Waals surface area contributed by atoms with Crippen LogP contribution in [0, 0.1) is 0 Å². The van der Waals surface area contributed by atoms with Crippen LogP contribution in [0.1, 0.15) is 17.3 Å². The van der Waals surface area contributed by atoms with Crippen LogP contribution in [-0.4, -0.2) is 18.0 Å². The molecule has 0 aromatic heterocycles. The Labute approximate surface area is 145 Å². The number of ether oxygens (including phenoxy) is 1. The van der Waals surface area contributed by atoms with E-state index in [1.807, 2.05) is 42.5 Å². The zero-order valence-electron chi connectivity index (χ0n) is 13.7. The lowest BCUT2D eigenvalue weighted by atomic mass is 10.1. The Hall–Kier alpha value is -3.34. The van der Waals surface area contributed by atoms with Gasteiger partial charge in [0.25, 0.3) is 5.91 Å². The summed E-state index contributed by atoms with van der Waals surface area (Å²) < 4.78 is 5.23. The van der Waals surface area contributed by atoms with Gasteiger partial charge in [0.2, 0.25) is 0 Å². The molecule has 0 aliphatic heterocycles. The summed E-state index contributed by atoms with van der Waals surface area (Å²) in [5.74, 6) is -0.958. The van der Waals surface area contributed by atoms with Gasteiger partial charge in [0.15, 0.2) is 6.10 Å². The molecule has 0 radical (unpaired) electrons. The van der Waals surface area contributed by atoms with Crippen molar-refractivity contribution >= 4 is 34.0 Å². The molecular weight excluding hydrogens is 316 g/mol. The third-order valence-corrected chi connectivity index (χ3v) is 3.85. The summed E-state index contributed by atoms with van der Waals surface area (Å²) in [4.78, 5) is 24.5. The second kappa shape index (κ2) is 7.05. The van der Waals surface area contributed by atoms with Crippen LogP contribution < -0.4 is 11.1 Å². The number of nitrogen functional groups attached to an aromatic ring is 1. The maximum Gasteiger partial charge on any atom is 0.338 e. The van der Waals surface area contributed by atoms with Crippen LogP contribution in [0.3, 0.4) is 0 Å². The average molecular weight is 334 g/mol. The molecule has 0 unspecified atom stereocenters. The largest absolute Gasteiger partial charge is 0.449 e. The zero-order valence-corrected chi connectivity index (χ0v) is 13.7.